The highest BCUT2D eigenvalue weighted by atomic mass is 32.2. The zero-order valence-electron chi connectivity index (χ0n) is 16.6. The van der Waals surface area contributed by atoms with Crippen LogP contribution >= 0.6 is 23.5 Å². The molecule has 6 rings (SSSR count). The highest BCUT2D eigenvalue weighted by Gasteiger charge is 2.31. The summed E-state index contributed by atoms with van der Waals surface area (Å²) in [6.07, 6.45) is 0. The van der Waals surface area contributed by atoms with Gasteiger partial charge in [0.05, 0.1) is 22.7 Å². The fourth-order valence-electron chi connectivity index (χ4n) is 4.13. The summed E-state index contributed by atoms with van der Waals surface area (Å²) in [7, 11) is 0. The fraction of sp³-hybridized carbons (Fsp3) is 0.0385. The Kier molecular flexibility index (Phi) is 4.51. The topological polar surface area (TPSA) is 23.6 Å². The smallest absolute Gasteiger partial charge is 0.251 e. The van der Waals surface area contributed by atoms with Gasteiger partial charge in [0.1, 0.15) is 6.54 Å². The van der Waals surface area contributed by atoms with Gasteiger partial charge in [-0.25, -0.2) is 0 Å². The number of carbonyl (C=O) groups excluding carboxylic acids is 1. The number of para-hydroxylation sites is 4. The molecular formula is C26H18N2OS2. The quantitative estimate of drug-likeness (QED) is 0.332. The second-order valence-corrected chi connectivity index (χ2v) is 9.56. The maximum Gasteiger partial charge on any atom is 0.251 e. The highest BCUT2D eigenvalue weighted by molar-refractivity contribution is 8.00. The molecular weight excluding hydrogens is 420 g/mol. The minimum atomic E-state index is 0.0525. The highest BCUT2D eigenvalue weighted by Crippen LogP contribution is 2.50. The molecule has 0 aliphatic carbocycles. The summed E-state index contributed by atoms with van der Waals surface area (Å²) in [5.74, 6) is 0.0525. The molecule has 0 spiro atoms. The largest absolute Gasteiger partial charge is 0.330 e. The molecule has 0 unspecified atom stereocenters. The Balaban J connectivity index is 1.44. The standard InChI is InChI=1S/C26H18N2OS2/c29-26(28-20-11-3-7-15-24(20)31-25-16-8-4-12-21(25)28)17-27-18-9-1-5-13-22(18)30-23-14-6-2-10-19(23)27/h1-16H,17H2. The van der Waals surface area contributed by atoms with Gasteiger partial charge in [-0.2, -0.15) is 0 Å². The Morgan fingerprint density at radius 1 is 0.548 bits per heavy atom. The van der Waals surface area contributed by atoms with E-state index in [1.807, 2.05) is 65.6 Å². The number of fused-ring (bicyclic) bond motifs is 4. The summed E-state index contributed by atoms with van der Waals surface area (Å²) >= 11 is 3.47. The molecule has 0 fully saturated rings. The Morgan fingerprint density at radius 3 is 1.35 bits per heavy atom. The molecule has 0 saturated carbocycles. The predicted octanol–water partition coefficient (Wildman–Crippen LogP) is 7.12. The molecule has 1 amide bonds. The first-order valence-corrected chi connectivity index (χ1v) is 11.8. The molecule has 0 aromatic heterocycles. The van der Waals surface area contributed by atoms with Crippen molar-refractivity contribution >= 4 is 52.2 Å². The van der Waals surface area contributed by atoms with Gasteiger partial charge in [0.2, 0.25) is 0 Å². The first-order valence-electron chi connectivity index (χ1n) is 10.1. The van der Waals surface area contributed by atoms with Crippen LogP contribution in [0.1, 0.15) is 0 Å². The molecule has 2 aliphatic heterocycles. The molecule has 0 radical (unpaired) electrons. The van der Waals surface area contributed by atoms with E-state index in [2.05, 4.69) is 41.3 Å². The molecule has 2 aliphatic rings. The van der Waals surface area contributed by atoms with Gasteiger partial charge < -0.3 is 4.90 Å². The van der Waals surface area contributed by atoms with Gasteiger partial charge in [0.15, 0.2) is 0 Å². The summed E-state index contributed by atoms with van der Waals surface area (Å²) in [6.45, 7) is 0.266. The summed E-state index contributed by atoms with van der Waals surface area (Å²) in [6, 6.07) is 32.9. The van der Waals surface area contributed by atoms with E-state index in [0.717, 1.165) is 32.5 Å². The average molecular weight is 439 g/mol. The number of hydrogen-bond acceptors (Lipinski definition) is 4. The van der Waals surface area contributed by atoms with Crippen molar-refractivity contribution < 1.29 is 4.79 Å². The van der Waals surface area contributed by atoms with Crippen LogP contribution < -0.4 is 9.80 Å². The van der Waals surface area contributed by atoms with Crippen molar-refractivity contribution in [3.63, 3.8) is 0 Å². The van der Waals surface area contributed by atoms with Crippen molar-refractivity contribution in [2.75, 3.05) is 16.3 Å². The zero-order valence-corrected chi connectivity index (χ0v) is 18.2. The van der Waals surface area contributed by atoms with Crippen LogP contribution in [0.5, 0.6) is 0 Å². The lowest BCUT2D eigenvalue weighted by molar-refractivity contribution is -0.116. The van der Waals surface area contributed by atoms with Crippen molar-refractivity contribution in [1.82, 2.24) is 0 Å². The Bertz CT molecular complexity index is 1230. The first-order chi connectivity index (χ1) is 15.3. The van der Waals surface area contributed by atoms with Crippen LogP contribution in [0.4, 0.5) is 22.7 Å². The minimum Gasteiger partial charge on any atom is -0.330 e. The molecule has 4 aromatic carbocycles. The van der Waals surface area contributed by atoms with Gasteiger partial charge in [0.25, 0.3) is 5.91 Å². The summed E-state index contributed by atoms with van der Waals surface area (Å²) in [5.41, 5.74) is 4.05. The molecule has 4 aromatic rings. The zero-order chi connectivity index (χ0) is 20.8. The van der Waals surface area contributed by atoms with Gasteiger partial charge in [-0.3, -0.25) is 9.69 Å². The number of amides is 1. The van der Waals surface area contributed by atoms with Gasteiger partial charge in [-0.15, -0.1) is 0 Å². The number of hydrogen-bond donors (Lipinski definition) is 0. The van der Waals surface area contributed by atoms with E-state index in [4.69, 9.17) is 0 Å². The molecule has 0 atom stereocenters. The molecule has 2 heterocycles. The minimum absolute atomic E-state index is 0.0525. The third-order valence-electron chi connectivity index (χ3n) is 5.51. The lowest BCUT2D eigenvalue weighted by Gasteiger charge is -2.36. The number of nitrogens with zero attached hydrogens (tertiary/aromatic N) is 2. The van der Waals surface area contributed by atoms with Crippen molar-refractivity contribution in [1.29, 1.82) is 0 Å². The summed E-state index contributed by atoms with van der Waals surface area (Å²) in [5, 5.41) is 0. The lowest BCUT2D eigenvalue weighted by Crippen LogP contribution is -2.38. The third-order valence-corrected chi connectivity index (χ3v) is 7.77. The second kappa shape index (κ2) is 7.52. The van der Waals surface area contributed by atoms with Crippen molar-refractivity contribution in [3.8, 4) is 0 Å². The molecule has 0 N–H and O–H groups in total. The van der Waals surface area contributed by atoms with E-state index < -0.39 is 0 Å². The SMILES string of the molecule is O=C(CN1c2ccccc2Sc2ccccc21)N1c2ccccc2Sc2ccccc21. The number of benzene rings is 4. The van der Waals surface area contributed by atoms with Crippen LogP contribution in [0, 0.1) is 0 Å². The maximum atomic E-state index is 13.9. The predicted molar refractivity (Wildman–Crippen MR) is 128 cm³/mol. The summed E-state index contributed by atoms with van der Waals surface area (Å²) < 4.78 is 0. The number of rotatable bonds is 2. The average Bonchev–Trinajstić information content (AvgIpc) is 2.82. The van der Waals surface area contributed by atoms with Crippen molar-refractivity contribution in [2.45, 2.75) is 19.6 Å². The van der Waals surface area contributed by atoms with E-state index in [9.17, 15) is 4.79 Å². The van der Waals surface area contributed by atoms with Gasteiger partial charge in [-0.05, 0) is 48.5 Å². The van der Waals surface area contributed by atoms with Gasteiger partial charge >= 0.3 is 0 Å². The molecule has 3 nitrogen and oxygen atoms in total. The van der Waals surface area contributed by atoms with Gasteiger partial charge in [-0.1, -0.05) is 72.1 Å². The first kappa shape index (κ1) is 18.6. The van der Waals surface area contributed by atoms with Crippen LogP contribution in [0.2, 0.25) is 0 Å². The normalized spacial score (nSPS) is 13.7. The summed E-state index contributed by atoms with van der Waals surface area (Å²) in [4.78, 5) is 22.5. The number of carbonyl (C=O) groups is 1. The van der Waals surface area contributed by atoms with Crippen molar-refractivity contribution in [3.05, 3.63) is 97.1 Å². The molecule has 5 heteroatoms. The van der Waals surface area contributed by atoms with E-state index in [0.29, 0.717) is 0 Å². The second-order valence-electron chi connectivity index (χ2n) is 7.39. The Labute approximate surface area is 189 Å². The number of anilines is 4. The van der Waals surface area contributed by atoms with Crippen LogP contribution in [0.3, 0.4) is 0 Å². The van der Waals surface area contributed by atoms with Crippen molar-refractivity contribution in [2.24, 2.45) is 0 Å². The Hall–Kier alpha value is -3.15. The molecule has 150 valence electrons. The molecule has 31 heavy (non-hydrogen) atoms. The van der Waals surface area contributed by atoms with Crippen LogP contribution in [-0.4, -0.2) is 12.5 Å². The Morgan fingerprint density at radius 2 is 0.903 bits per heavy atom. The van der Waals surface area contributed by atoms with Crippen LogP contribution in [0.15, 0.2) is 117 Å². The molecule has 0 saturated heterocycles. The maximum absolute atomic E-state index is 13.9. The van der Waals surface area contributed by atoms with E-state index in [-0.39, 0.29) is 12.5 Å². The van der Waals surface area contributed by atoms with Crippen LogP contribution in [-0.2, 0) is 4.79 Å². The van der Waals surface area contributed by atoms with E-state index in [1.165, 1.54) is 9.79 Å². The van der Waals surface area contributed by atoms with Gasteiger partial charge in [0, 0.05) is 19.6 Å². The van der Waals surface area contributed by atoms with E-state index in [1.54, 1.807) is 23.5 Å². The third kappa shape index (κ3) is 3.12. The molecule has 0 bridgehead atoms. The monoisotopic (exact) mass is 438 g/mol. The van der Waals surface area contributed by atoms with E-state index >= 15 is 0 Å². The fourth-order valence-corrected chi connectivity index (χ4v) is 6.28. The van der Waals surface area contributed by atoms with Crippen LogP contribution in [0.25, 0.3) is 0 Å². The lowest BCUT2D eigenvalue weighted by atomic mass is 10.2.